The summed E-state index contributed by atoms with van der Waals surface area (Å²) >= 11 is 0. The minimum absolute atomic E-state index is 0. The highest BCUT2D eigenvalue weighted by molar-refractivity contribution is 5.85. The molecule has 1 saturated heterocycles. The third-order valence-corrected chi connectivity index (χ3v) is 5.27. The summed E-state index contributed by atoms with van der Waals surface area (Å²) in [5, 5.41) is 3.36. The second kappa shape index (κ2) is 11.7. The van der Waals surface area contributed by atoms with Gasteiger partial charge >= 0.3 is 0 Å². The van der Waals surface area contributed by atoms with Crippen molar-refractivity contribution in [2.24, 2.45) is 0 Å². The van der Waals surface area contributed by atoms with Crippen molar-refractivity contribution in [3.63, 3.8) is 0 Å². The fraction of sp³-hybridized carbons (Fsp3) is 0.280. The molecule has 3 aromatic rings. The van der Waals surface area contributed by atoms with Crippen molar-refractivity contribution >= 4 is 12.4 Å². The van der Waals surface area contributed by atoms with Gasteiger partial charge in [-0.15, -0.1) is 12.4 Å². The van der Waals surface area contributed by atoms with Gasteiger partial charge in [0.25, 0.3) is 0 Å². The standard InChI is InChI=1S/C25H27FN2O2.ClH/c26-14-13-23(28-17-15-27-16-18-28)20-11-12-24(29-21-7-3-1-4-8-21)25(19-20)30-22-9-5-2-6-10-22;/h1-12,19,23,27H,13-18H2;1H/t23-;/m0./s1. The molecule has 1 N–H and O–H groups in total. The molecule has 0 radical (unpaired) electrons. The predicted molar refractivity (Wildman–Crippen MR) is 124 cm³/mol. The Morgan fingerprint density at radius 3 is 1.97 bits per heavy atom. The average Bonchev–Trinajstić information content (AvgIpc) is 2.81. The van der Waals surface area contributed by atoms with E-state index in [4.69, 9.17) is 9.47 Å². The Balaban J connectivity index is 0.00000272. The van der Waals surface area contributed by atoms with Crippen molar-refractivity contribution in [1.82, 2.24) is 10.2 Å². The van der Waals surface area contributed by atoms with Gasteiger partial charge in [-0.2, -0.15) is 0 Å². The van der Waals surface area contributed by atoms with Crippen molar-refractivity contribution in [2.75, 3.05) is 32.9 Å². The maximum Gasteiger partial charge on any atom is 0.170 e. The normalized spacial score (nSPS) is 15.0. The smallest absolute Gasteiger partial charge is 0.170 e. The molecule has 1 aliphatic heterocycles. The van der Waals surface area contributed by atoms with E-state index in [9.17, 15) is 4.39 Å². The van der Waals surface area contributed by atoms with E-state index < -0.39 is 0 Å². The molecule has 3 aromatic carbocycles. The van der Waals surface area contributed by atoms with Crippen LogP contribution >= 0.6 is 12.4 Å². The summed E-state index contributed by atoms with van der Waals surface area (Å²) in [5.74, 6) is 2.73. The molecule has 0 bridgehead atoms. The second-order valence-corrected chi connectivity index (χ2v) is 7.32. The van der Waals surface area contributed by atoms with Crippen LogP contribution in [0.4, 0.5) is 4.39 Å². The van der Waals surface area contributed by atoms with E-state index in [1.807, 2.05) is 78.9 Å². The Hall–Kier alpha value is -2.60. The zero-order valence-electron chi connectivity index (χ0n) is 17.4. The molecule has 31 heavy (non-hydrogen) atoms. The van der Waals surface area contributed by atoms with E-state index in [1.165, 1.54) is 0 Å². The molecule has 1 heterocycles. The molecule has 1 fully saturated rings. The van der Waals surface area contributed by atoms with Crippen LogP contribution in [0.2, 0.25) is 0 Å². The lowest BCUT2D eigenvalue weighted by molar-refractivity contribution is 0.157. The Morgan fingerprint density at radius 2 is 1.39 bits per heavy atom. The van der Waals surface area contributed by atoms with E-state index in [0.29, 0.717) is 17.9 Å². The Kier molecular flexibility index (Phi) is 8.71. The Labute approximate surface area is 189 Å². The quantitative estimate of drug-likeness (QED) is 0.464. The second-order valence-electron chi connectivity index (χ2n) is 7.32. The van der Waals surface area contributed by atoms with Gasteiger partial charge in [-0.1, -0.05) is 42.5 Å². The number of nitrogens with zero attached hydrogens (tertiary/aromatic N) is 1. The lowest BCUT2D eigenvalue weighted by Gasteiger charge is -2.35. The van der Waals surface area contributed by atoms with Crippen molar-refractivity contribution in [1.29, 1.82) is 0 Å². The molecule has 0 spiro atoms. The van der Waals surface area contributed by atoms with Crippen LogP contribution in [0.1, 0.15) is 18.0 Å². The van der Waals surface area contributed by atoms with Crippen LogP contribution in [0.3, 0.4) is 0 Å². The summed E-state index contributed by atoms with van der Waals surface area (Å²) < 4.78 is 25.7. The highest BCUT2D eigenvalue weighted by atomic mass is 35.5. The zero-order valence-corrected chi connectivity index (χ0v) is 18.2. The molecule has 4 nitrogen and oxygen atoms in total. The number of alkyl halides is 1. The molecule has 4 rings (SSSR count). The molecule has 0 aromatic heterocycles. The first-order chi connectivity index (χ1) is 14.8. The van der Waals surface area contributed by atoms with Crippen molar-refractivity contribution in [2.45, 2.75) is 12.5 Å². The van der Waals surface area contributed by atoms with Gasteiger partial charge in [-0.3, -0.25) is 9.29 Å². The molecule has 1 atom stereocenters. The van der Waals surface area contributed by atoms with Crippen molar-refractivity contribution < 1.29 is 13.9 Å². The van der Waals surface area contributed by atoms with Crippen LogP contribution in [0.5, 0.6) is 23.0 Å². The summed E-state index contributed by atoms with van der Waals surface area (Å²) in [6, 6.07) is 25.2. The van der Waals surface area contributed by atoms with Crippen molar-refractivity contribution in [3.05, 3.63) is 84.4 Å². The first kappa shape index (κ1) is 23.1. The number of halogens is 2. The van der Waals surface area contributed by atoms with Gasteiger partial charge in [0.1, 0.15) is 11.5 Å². The summed E-state index contributed by atoms with van der Waals surface area (Å²) in [6.45, 7) is 3.30. The van der Waals surface area contributed by atoms with Gasteiger partial charge in [0.15, 0.2) is 11.5 Å². The molecular weight excluding hydrogens is 415 g/mol. The zero-order chi connectivity index (χ0) is 20.6. The Morgan fingerprint density at radius 1 is 0.806 bits per heavy atom. The number of benzene rings is 3. The maximum atomic E-state index is 13.4. The first-order valence-corrected chi connectivity index (χ1v) is 10.4. The highest BCUT2D eigenvalue weighted by Gasteiger charge is 2.23. The molecular formula is C25H28ClFN2O2. The number of rotatable bonds is 8. The predicted octanol–water partition coefficient (Wildman–Crippen LogP) is 6.00. The van der Waals surface area contributed by atoms with Gasteiger partial charge in [0.2, 0.25) is 0 Å². The minimum atomic E-state index is -0.355. The summed E-state index contributed by atoms with van der Waals surface area (Å²) in [7, 11) is 0. The lowest BCUT2D eigenvalue weighted by atomic mass is 10.0. The molecule has 164 valence electrons. The fourth-order valence-electron chi connectivity index (χ4n) is 3.78. The number of hydrogen-bond acceptors (Lipinski definition) is 4. The number of hydrogen-bond donors (Lipinski definition) is 1. The SMILES string of the molecule is Cl.FCC[C@@H](c1ccc(Oc2ccccc2)c(Oc2ccccc2)c1)N1CCNCC1. The number of nitrogens with one attached hydrogen (secondary N) is 1. The maximum absolute atomic E-state index is 13.4. The van der Waals surface area contributed by atoms with E-state index in [-0.39, 0.29) is 25.1 Å². The van der Waals surface area contributed by atoms with Gasteiger partial charge in [0.05, 0.1) is 6.67 Å². The molecule has 0 unspecified atom stereocenters. The van der Waals surface area contributed by atoms with E-state index >= 15 is 0 Å². The van der Waals surface area contributed by atoms with Gasteiger partial charge in [0, 0.05) is 32.2 Å². The van der Waals surface area contributed by atoms with Gasteiger partial charge in [-0.25, -0.2) is 0 Å². The number of para-hydroxylation sites is 2. The summed E-state index contributed by atoms with van der Waals surface area (Å²) in [5.41, 5.74) is 1.04. The topological polar surface area (TPSA) is 33.7 Å². The third-order valence-electron chi connectivity index (χ3n) is 5.27. The van der Waals surface area contributed by atoms with E-state index in [0.717, 1.165) is 43.2 Å². The van der Waals surface area contributed by atoms with Crippen LogP contribution in [0, 0.1) is 0 Å². The number of ether oxygens (including phenoxy) is 2. The Bertz CT molecular complexity index is 921. The largest absolute Gasteiger partial charge is 0.453 e. The molecule has 0 saturated carbocycles. The fourth-order valence-corrected chi connectivity index (χ4v) is 3.78. The van der Waals surface area contributed by atoms with E-state index in [2.05, 4.69) is 10.2 Å². The van der Waals surface area contributed by atoms with Crippen LogP contribution < -0.4 is 14.8 Å². The average molecular weight is 443 g/mol. The first-order valence-electron chi connectivity index (χ1n) is 10.4. The molecule has 0 amide bonds. The monoisotopic (exact) mass is 442 g/mol. The summed E-state index contributed by atoms with van der Waals surface area (Å²) in [4.78, 5) is 2.34. The van der Waals surface area contributed by atoms with Gasteiger partial charge < -0.3 is 14.8 Å². The highest BCUT2D eigenvalue weighted by Crippen LogP contribution is 2.38. The molecule has 0 aliphatic carbocycles. The van der Waals surface area contributed by atoms with Crippen LogP contribution in [-0.2, 0) is 0 Å². The van der Waals surface area contributed by atoms with Crippen LogP contribution in [0.15, 0.2) is 78.9 Å². The lowest BCUT2D eigenvalue weighted by Crippen LogP contribution is -2.45. The van der Waals surface area contributed by atoms with Gasteiger partial charge in [-0.05, 0) is 48.4 Å². The van der Waals surface area contributed by atoms with Crippen LogP contribution in [-0.4, -0.2) is 37.8 Å². The van der Waals surface area contributed by atoms with E-state index in [1.54, 1.807) is 0 Å². The number of piperazine rings is 1. The third kappa shape index (κ3) is 6.20. The minimum Gasteiger partial charge on any atom is -0.453 e. The van der Waals surface area contributed by atoms with Crippen LogP contribution in [0.25, 0.3) is 0 Å². The molecule has 1 aliphatic rings. The van der Waals surface area contributed by atoms with Crippen molar-refractivity contribution in [3.8, 4) is 23.0 Å². The molecule has 6 heteroatoms. The summed E-state index contributed by atoms with van der Waals surface area (Å²) in [6.07, 6.45) is 0.462.